The number of ether oxygens (including phenoxy) is 1. The van der Waals surface area contributed by atoms with Crippen molar-refractivity contribution in [3.8, 4) is 5.75 Å². The first-order valence-corrected chi connectivity index (χ1v) is 9.44. The van der Waals surface area contributed by atoms with E-state index in [1.54, 1.807) is 0 Å². The minimum atomic E-state index is -0.278. The van der Waals surface area contributed by atoms with E-state index in [4.69, 9.17) is 10.5 Å². The molecule has 0 aliphatic carbocycles. The second kappa shape index (κ2) is 8.70. The monoisotopic (exact) mass is 369 g/mol. The van der Waals surface area contributed by atoms with Gasteiger partial charge in [0.1, 0.15) is 11.6 Å². The van der Waals surface area contributed by atoms with Crippen LogP contribution in [0.4, 0.5) is 11.8 Å². The quantitative estimate of drug-likeness (QED) is 0.813. The van der Waals surface area contributed by atoms with Crippen LogP contribution in [-0.4, -0.2) is 35.6 Å². The molecule has 0 radical (unpaired) electrons. The molecular weight excluding hydrogens is 342 g/mol. The van der Waals surface area contributed by atoms with Crippen LogP contribution in [0.2, 0.25) is 0 Å². The third-order valence-electron chi connectivity index (χ3n) is 4.80. The third kappa shape index (κ3) is 4.87. The molecule has 27 heavy (non-hydrogen) atoms. The lowest BCUT2D eigenvalue weighted by atomic mass is 10.00. The number of hydrogen-bond donors (Lipinski definition) is 2. The standard InChI is InChI=1S/C20H27N5O2/c1-3-27-16-6-4-15(5-7-16)12-22-19(26)17-13-23-20(24-18(17)21)25-10-8-14(2)9-11-25/h4-7,13-14H,3,8-12H2,1-2H3,(H,22,26)(H2,21,23,24). The SMILES string of the molecule is CCOc1ccc(CNC(=O)c2cnc(N3CCC(C)CC3)nc2N)cc1. The Morgan fingerprint density at radius 1 is 1.30 bits per heavy atom. The minimum absolute atomic E-state index is 0.211. The Morgan fingerprint density at radius 2 is 2.00 bits per heavy atom. The maximum absolute atomic E-state index is 12.4. The highest BCUT2D eigenvalue weighted by molar-refractivity contribution is 5.98. The molecule has 1 amide bonds. The van der Waals surface area contributed by atoms with Crippen LogP contribution < -0.4 is 20.7 Å². The zero-order valence-corrected chi connectivity index (χ0v) is 15.9. The first kappa shape index (κ1) is 18.9. The van der Waals surface area contributed by atoms with E-state index in [2.05, 4.69) is 27.1 Å². The van der Waals surface area contributed by atoms with E-state index >= 15 is 0 Å². The van der Waals surface area contributed by atoms with Crippen molar-refractivity contribution in [3.05, 3.63) is 41.6 Å². The highest BCUT2D eigenvalue weighted by Gasteiger charge is 2.20. The molecule has 2 heterocycles. The van der Waals surface area contributed by atoms with Crippen molar-refractivity contribution >= 4 is 17.7 Å². The molecule has 2 aromatic rings. The van der Waals surface area contributed by atoms with Gasteiger partial charge in [0.05, 0.1) is 12.2 Å². The molecule has 1 aliphatic heterocycles. The lowest BCUT2D eigenvalue weighted by Crippen LogP contribution is -2.34. The number of nitrogens with two attached hydrogens (primary N) is 1. The largest absolute Gasteiger partial charge is 0.494 e. The highest BCUT2D eigenvalue weighted by atomic mass is 16.5. The van der Waals surface area contributed by atoms with Gasteiger partial charge in [-0.25, -0.2) is 4.98 Å². The molecular formula is C20H27N5O2. The molecule has 1 saturated heterocycles. The van der Waals surface area contributed by atoms with Crippen LogP contribution in [0.25, 0.3) is 0 Å². The number of aromatic nitrogens is 2. The summed E-state index contributed by atoms with van der Waals surface area (Å²) in [7, 11) is 0. The number of carbonyl (C=O) groups is 1. The van der Waals surface area contributed by atoms with E-state index in [0.29, 0.717) is 24.7 Å². The summed E-state index contributed by atoms with van der Waals surface area (Å²) in [6.07, 6.45) is 3.75. The number of nitrogens with one attached hydrogen (secondary N) is 1. The zero-order valence-electron chi connectivity index (χ0n) is 15.9. The third-order valence-corrected chi connectivity index (χ3v) is 4.80. The van der Waals surface area contributed by atoms with Gasteiger partial charge in [0.2, 0.25) is 5.95 Å². The maximum Gasteiger partial charge on any atom is 0.256 e. The molecule has 1 aromatic heterocycles. The van der Waals surface area contributed by atoms with E-state index in [1.165, 1.54) is 6.20 Å². The molecule has 144 valence electrons. The van der Waals surface area contributed by atoms with Crippen LogP contribution in [0.3, 0.4) is 0 Å². The van der Waals surface area contributed by atoms with Crippen LogP contribution in [-0.2, 0) is 6.54 Å². The van der Waals surface area contributed by atoms with E-state index in [9.17, 15) is 4.79 Å². The summed E-state index contributed by atoms with van der Waals surface area (Å²) in [5, 5.41) is 2.86. The van der Waals surface area contributed by atoms with Gasteiger partial charge >= 0.3 is 0 Å². The number of amides is 1. The molecule has 1 aromatic carbocycles. The highest BCUT2D eigenvalue weighted by Crippen LogP contribution is 2.21. The molecule has 0 unspecified atom stereocenters. The minimum Gasteiger partial charge on any atom is -0.494 e. The Kier molecular flexibility index (Phi) is 6.11. The molecule has 0 saturated carbocycles. The van der Waals surface area contributed by atoms with Crippen LogP contribution in [0.1, 0.15) is 42.6 Å². The fourth-order valence-electron chi connectivity index (χ4n) is 3.07. The summed E-state index contributed by atoms with van der Waals surface area (Å²) < 4.78 is 5.41. The number of nitrogens with zero attached hydrogens (tertiary/aromatic N) is 3. The molecule has 3 N–H and O–H groups in total. The molecule has 3 rings (SSSR count). The Labute approximate surface area is 159 Å². The molecule has 7 nitrogen and oxygen atoms in total. The Hall–Kier alpha value is -2.83. The van der Waals surface area contributed by atoms with Crippen molar-refractivity contribution in [1.82, 2.24) is 15.3 Å². The summed E-state index contributed by atoms with van der Waals surface area (Å²) >= 11 is 0. The van der Waals surface area contributed by atoms with E-state index in [1.807, 2.05) is 31.2 Å². The van der Waals surface area contributed by atoms with E-state index in [0.717, 1.165) is 43.2 Å². The van der Waals surface area contributed by atoms with Crippen molar-refractivity contribution < 1.29 is 9.53 Å². The summed E-state index contributed by atoms with van der Waals surface area (Å²) in [5.41, 5.74) is 7.30. The van der Waals surface area contributed by atoms with Gasteiger partial charge in [-0.3, -0.25) is 4.79 Å². The number of nitrogen functional groups attached to an aromatic ring is 1. The fourth-order valence-corrected chi connectivity index (χ4v) is 3.07. The van der Waals surface area contributed by atoms with Crippen molar-refractivity contribution in [1.29, 1.82) is 0 Å². The van der Waals surface area contributed by atoms with Crippen molar-refractivity contribution in [3.63, 3.8) is 0 Å². The van der Waals surface area contributed by atoms with Crippen LogP contribution >= 0.6 is 0 Å². The van der Waals surface area contributed by atoms with Crippen molar-refractivity contribution in [2.24, 2.45) is 5.92 Å². The first-order chi connectivity index (χ1) is 13.1. The van der Waals surface area contributed by atoms with Gasteiger partial charge in [0, 0.05) is 25.8 Å². The maximum atomic E-state index is 12.4. The Morgan fingerprint density at radius 3 is 2.63 bits per heavy atom. The number of carbonyl (C=O) groups excluding carboxylic acids is 1. The second-order valence-electron chi connectivity index (χ2n) is 6.90. The number of anilines is 2. The van der Waals surface area contributed by atoms with Gasteiger partial charge in [0.15, 0.2) is 0 Å². The Balaban J connectivity index is 1.59. The predicted octanol–water partition coefficient (Wildman–Crippen LogP) is 2.62. The van der Waals surface area contributed by atoms with E-state index in [-0.39, 0.29) is 11.7 Å². The number of benzene rings is 1. The van der Waals surface area contributed by atoms with Crippen molar-refractivity contribution in [2.75, 3.05) is 30.3 Å². The van der Waals surface area contributed by atoms with Gasteiger partial charge in [-0.1, -0.05) is 19.1 Å². The number of rotatable bonds is 6. The van der Waals surface area contributed by atoms with Gasteiger partial charge in [0.25, 0.3) is 5.91 Å². The summed E-state index contributed by atoms with van der Waals surface area (Å²) in [4.78, 5) is 23.3. The molecule has 1 fully saturated rings. The molecule has 0 atom stereocenters. The van der Waals surface area contributed by atoms with Gasteiger partial charge in [-0.15, -0.1) is 0 Å². The van der Waals surface area contributed by atoms with Crippen LogP contribution in [0, 0.1) is 5.92 Å². The second-order valence-corrected chi connectivity index (χ2v) is 6.90. The summed E-state index contributed by atoms with van der Waals surface area (Å²) in [6, 6.07) is 7.62. The number of hydrogen-bond acceptors (Lipinski definition) is 6. The van der Waals surface area contributed by atoms with Crippen LogP contribution in [0.15, 0.2) is 30.5 Å². The van der Waals surface area contributed by atoms with Crippen molar-refractivity contribution in [2.45, 2.75) is 33.2 Å². The average molecular weight is 369 g/mol. The summed E-state index contributed by atoms with van der Waals surface area (Å²) in [6.45, 7) is 7.06. The molecule has 0 spiro atoms. The lowest BCUT2D eigenvalue weighted by molar-refractivity contribution is 0.0951. The summed E-state index contributed by atoms with van der Waals surface area (Å²) in [5.74, 6) is 2.07. The smallest absolute Gasteiger partial charge is 0.256 e. The van der Waals surface area contributed by atoms with Crippen LogP contribution in [0.5, 0.6) is 5.75 Å². The Bertz CT molecular complexity index is 770. The predicted molar refractivity (Wildman–Crippen MR) is 106 cm³/mol. The molecule has 1 aliphatic rings. The molecule has 7 heteroatoms. The zero-order chi connectivity index (χ0) is 19.2. The van der Waals surface area contributed by atoms with E-state index < -0.39 is 0 Å². The average Bonchev–Trinajstić information content (AvgIpc) is 2.68. The van der Waals surface area contributed by atoms with Gasteiger partial charge in [-0.2, -0.15) is 4.98 Å². The first-order valence-electron chi connectivity index (χ1n) is 9.44. The van der Waals surface area contributed by atoms with Gasteiger partial charge in [-0.05, 0) is 43.4 Å². The molecule has 0 bridgehead atoms. The lowest BCUT2D eigenvalue weighted by Gasteiger charge is -2.30. The van der Waals surface area contributed by atoms with Gasteiger partial charge < -0.3 is 20.7 Å². The fraction of sp³-hybridized carbons (Fsp3) is 0.450. The normalized spacial score (nSPS) is 14.8. The topological polar surface area (TPSA) is 93.4 Å². The number of piperidine rings is 1.